The van der Waals surface area contributed by atoms with Gasteiger partial charge in [-0.25, -0.2) is 0 Å². The van der Waals surface area contributed by atoms with Crippen molar-refractivity contribution in [2.75, 3.05) is 0 Å². The molecule has 0 atom stereocenters. The van der Waals surface area contributed by atoms with Crippen LogP contribution in [0.5, 0.6) is 0 Å². The maximum Gasteiger partial charge on any atom is 0.287 e. The Morgan fingerprint density at radius 3 is 2.76 bits per heavy atom. The molecule has 2 heterocycles. The van der Waals surface area contributed by atoms with E-state index in [4.69, 9.17) is 0 Å². The molecule has 8 heteroatoms. The number of aromatic nitrogens is 1. The molecule has 1 N–H and O–H groups in total. The minimum absolute atomic E-state index is 0.0321. The van der Waals surface area contributed by atoms with Crippen molar-refractivity contribution in [3.8, 4) is 0 Å². The van der Waals surface area contributed by atoms with Crippen LogP contribution in [-0.4, -0.2) is 15.4 Å². The highest BCUT2D eigenvalue weighted by molar-refractivity contribution is 9.11. The van der Waals surface area contributed by atoms with E-state index in [1.54, 1.807) is 4.57 Å². The van der Waals surface area contributed by atoms with E-state index in [1.165, 1.54) is 23.6 Å². The highest BCUT2D eigenvalue weighted by Crippen LogP contribution is 2.23. The van der Waals surface area contributed by atoms with Crippen LogP contribution >= 0.6 is 27.3 Å². The Hall–Kier alpha value is -1.67. The summed E-state index contributed by atoms with van der Waals surface area (Å²) in [5, 5.41) is 13.6. The molecule has 0 aliphatic rings. The Labute approximate surface area is 134 Å². The molecule has 112 valence electrons. The topological polar surface area (TPSA) is 77.2 Å². The molecule has 2 aromatic rings. The average Bonchev–Trinajstić information content (AvgIpc) is 3.02. The number of rotatable bonds is 5. The highest BCUT2D eigenvalue weighted by Gasteiger charge is 2.20. The fourth-order valence-electron chi connectivity index (χ4n) is 1.88. The Balaban J connectivity index is 2.16. The van der Waals surface area contributed by atoms with Crippen LogP contribution in [0.15, 0.2) is 28.2 Å². The van der Waals surface area contributed by atoms with Crippen molar-refractivity contribution in [1.29, 1.82) is 0 Å². The second-order valence-electron chi connectivity index (χ2n) is 4.73. The van der Waals surface area contributed by atoms with E-state index < -0.39 is 4.92 Å². The van der Waals surface area contributed by atoms with Crippen molar-refractivity contribution < 1.29 is 9.72 Å². The molecule has 0 fully saturated rings. The van der Waals surface area contributed by atoms with E-state index >= 15 is 0 Å². The minimum Gasteiger partial charge on any atom is -0.346 e. The predicted octanol–water partition coefficient (Wildman–Crippen LogP) is 3.73. The number of thiophene rings is 1. The molecule has 2 aromatic heterocycles. The van der Waals surface area contributed by atoms with Gasteiger partial charge >= 0.3 is 0 Å². The van der Waals surface area contributed by atoms with Gasteiger partial charge in [0.2, 0.25) is 0 Å². The number of halogens is 1. The smallest absolute Gasteiger partial charge is 0.287 e. The molecule has 6 nitrogen and oxygen atoms in total. The fraction of sp³-hybridized carbons (Fsp3) is 0.308. The van der Waals surface area contributed by atoms with Crippen LogP contribution in [0.25, 0.3) is 0 Å². The van der Waals surface area contributed by atoms with Crippen LogP contribution in [0.2, 0.25) is 0 Å². The van der Waals surface area contributed by atoms with Crippen LogP contribution in [0.3, 0.4) is 0 Å². The normalized spacial score (nSPS) is 10.9. The molecular formula is C13H14BrN3O3S. The molecule has 21 heavy (non-hydrogen) atoms. The predicted molar refractivity (Wildman–Crippen MR) is 84.7 cm³/mol. The lowest BCUT2D eigenvalue weighted by Gasteiger charge is -2.11. The minimum atomic E-state index is -0.494. The van der Waals surface area contributed by atoms with Crippen molar-refractivity contribution in [2.45, 2.75) is 26.4 Å². The molecule has 0 bridgehead atoms. The molecule has 0 unspecified atom stereocenters. The van der Waals surface area contributed by atoms with Crippen molar-refractivity contribution in [3.63, 3.8) is 0 Å². The van der Waals surface area contributed by atoms with Gasteiger partial charge in [0, 0.05) is 17.0 Å². The monoisotopic (exact) mass is 371 g/mol. The van der Waals surface area contributed by atoms with E-state index in [0.717, 1.165) is 8.66 Å². The summed E-state index contributed by atoms with van der Waals surface area (Å²) in [4.78, 5) is 23.6. The van der Waals surface area contributed by atoms with Crippen LogP contribution in [-0.2, 0) is 6.54 Å². The van der Waals surface area contributed by atoms with Gasteiger partial charge in [-0.3, -0.25) is 14.9 Å². The van der Waals surface area contributed by atoms with Crippen LogP contribution in [0.4, 0.5) is 5.69 Å². The molecule has 1 amide bonds. The third kappa shape index (κ3) is 3.70. The molecule has 0 saturated carbocycles. The molecule has 2 rings (SSSR count). The first-order valence-corrected chi connectivity index (χ1v) is 7.88. The summed E-state index contributed by atoms with van der Waals surface area (Å²) < 4.78 is 2.60. The molecule has 0 radical (unpaired) electrons. The van der Waals surface area contributed by atoms with Gasteiger partial charge in [0.15, 0.2) is 0 Å². The summed E-state index contributed by atoms with van der Waals surface area (Å²) in [6, 6.07) is 5.10. The van der Waals surface area contributed by atoms with Crippen LogP contribution in [0.1, 0.15) is 35.3 Å². The molecule has 0 aliphatic carbocycles. The van der Waals surface area contributed by atoms with Crippen molar-refractivity contribution >= 4 is 38.9 Å². The lowest BCUT2D eigenvalue weighted by atomic mass is 10.3. The van der Waals surface area contributed by atoms with Gasteiger partial charge in [-0.05, 0) is 41.9 Å². The van der Waals surface area contributed by atoms with E-state index in [1.807, 2.05) is 26.0 Å². The SMILES string of the molecule is CC(C)n1cc([N+](=O)[O-])cc1C(=O)NCc1ccc(Br)s1. The van der Waals surface area contributed by atoms with Crippen LogP contribution < -0.4 is 5.32 Å². The first kappa shape index (κ1) is 15.7. The Kier molecular flexibility index (Phi) is 4.79. The number of hydrogen-bond acceptors (Lipinski definition) is 4. The number of carbonyl (C=O) groups excluding carboxylic acids is 1. The first-order valence-electron chi connectivity index (χ1n) is 6.27. The molecule has 0 spiro atoms. The number of amides is 1. The molecule has 0 saturated heterocycles. The molecular weight excluding hydrogens is 358 g/mol. The highest BCUT2D eigenvalue weighted by atomic mass is 79.9. The first-order chi connectivity index (χ1) is 9.88. The van der Waals surface area contributed by atoms with E-state index in [9.17, 15) is 14.9 Å². The Bertz CT molecular complexity index is 678. The van der Waals surface area contributed by atoms with Crippen molar-refractivity contribution in [3.05, 3.63) is 48.9 Å². The number of nitro groups is 1. The number of nitrogens with zero attached hydrogens (tertiary/aromatic N) is 2. The summed E-state index contributed by atoms with van der Waals surface area (Å²) in [5.74, 6) is -0.318. The standard InChI is InChI=1S/C13H14BrN3O3S/c1-8(2)16-7-9(17(19)20)5-11(16)13(18)15-6-10-3-4-12(14)21-10/h3-5,7-8H,6H2,1-2H3,(H,15,18). The lowest BCUT2D eigenvalue weighted by molar-refractivity contribution is -0.384. The summed E-state index contributed by atoms with van der Waals surface area (Å²) in [6.45, 7) is 4.14. The molecule has 0 aliphatic heterocycles. The van der Waals surface area contributed by atoms with Gasteiger partial charge in [-0.2, -0.15) is 0 Å². The largest absolute Gasteiger partial charge is 0.346 e. The average molecular weight is 372 g/mol. The van der Waals surface area contributed by atoms with Crippen LogP contribution in [0, 0.1) is 10.1 Å². The van der Waals surface area contributed by atoms with Crippen molar-refractivity contribution in [2.24, 2.45) is 0 Å². The van der Waals surface area contributed by atoms with E-state index in [-0.39, 0.29) is 17.6 Å². The summed E-state index contributed by atoms with van der Waals surface area (Å²) in [7, 11) is 0. The second kappa shape index (κ2) is 6.40. The zero-order valence-electron chi connectivity index (χ0n) is 11.5. The quantitative estimate of drug-likeness (QED) is 0.642. The zero-order valence-corrected chi connectivity index (χ0v) is 13.9. The number of hydrogen-bond donors (Lipinski definition) is 1. The van der Waals surface area contributed by atoms with E-state index in [2.05, 4.69) is 21.2 Å². The molecule has 0 aromatic carbocycles. The maximum atomic E-state index is 12.2. The van der Waals surface area contributed by atoms with Gasteiger partial charge in [-0.15, -0.1) is 11.3 Å². The lowest BCUT2D eigenvalue weighted by Crippen LogP contribution is -2.25. The zero-order chi connectivity index (χ0) is 15.6. The maximum absolute atomic E-state index is 12.2. The third-order valence-electron chi connectivity index (χ3n) is 2.89. The van der Waals surface area contributed by atoms with Gasteiger partial charge in [-0.1, -0.05) is 0 Å². The summed E-state index contributed by atoms with van der Waals surface area (Å²) in [6.07, 6.45) is 1.39. The fourth-order valence-corrected chi connectivity index (χ4v) is 3.30. The summed E-state index contributed by atoms with van der Waals surface area (Å²) >= 11 is 4.89. The van der Waals surface area contributed by atoms with Gasteiger partial charge in [0.25, 0.3) is 11.6 Å². The number of nitrogens with one attached hydrogen (secondary N) is 1. The Morgan fingerprint density at radius 2 is 2.24 bits per heavy atom. The van der Waals surface area contributed by atoms with Crippen molar-refractivity contribution in [1.82, 2.24) is 9.88 Å². The van der Waals surface area contributed by atoms with Gasteiger partial charge in [0.1, 0.15) is 5.69 Å². The second-order valence-corrected chi connectivity index (χ2v) is 7.28. The van der Waals surface area contributed by atoms with E-state index in [0.29, 0.717) is 12.2 Å². The van der Waals surface area contributed by atoms with Gasteiger partial charge < -0.3 is 9.88 Å². The number of carbonyl (C=O) groups is 1. The van der Waals surface area contributed by atoms with Gasteiger partial charge in [0.05, 0.1) is 21.5 Å². The Morgan fingerprint density at radius 1 is 1.52 bits per heavy atom. The summed E-state index contributed by atoms with van der Waals surface area (Å²) in [5.41, 5.74) is 0.222. The third-order valence-corrected chi connectivity index (χ3v) is 4.51.